The van der Waals surface area contributed by atoms with Crippen molar-refractivity contribution in [2.75, 3.05) is 20.2 Å². The van der Waals surface area contributed by atoms with Crippen LogP contribution in [0.4, 0.5) is 0 Å². The Kier molecular flexibility index (Phi) is 7.02. The molecule has 23 heavy (non-hydrogen) atoms. The molecule has 0 saturated heterocycles. The van der Waals surface area contributed by atoms with Crippen molar-refractivity contribution in [1.29, 1.82) is 0 Å². The molecule has 128 valence electrons. The van der Waals surface area contributed by atoms with Crippen LogP contribution in [0.1, 0.15) is 47.4 Å². The van der Waals surface area contributed by atoms with E-state index in [4.69, 9.17) is 10.7 Å². The highest BCUT2D eigenvalue weighted by Gasteiger charge is 2.21. The number of carbonyl (C=O) groups is 2. The van der Waals surface area contributed by atoms with Gasteiger partial charge in [0.15, 0.2) is 0 Å². The van der Waals surface area contributed by atoms with Crippen molar-refractivity contribution in [3.05, 3.63) is 29.3 Å². The van der Waals surface area contributed by atoms with Crippen molar-refractivity contribution in [2.45, 2.75) is 31.6 Å². The van der Waals surface area contributed by atoms with Gasteiger partial charge in [0.25, 0.3) is 15.0 Å². The van der Waals surface area contributed by atoms with E-state index in [2.05, 4.69) is 4.74 Å². The summed E-state index contributed by atoms with van der Waals surface area (Å²) in [7, 11) is 2.45. The molecule has 0 radical (unpaired) electrons. The average Bonchev–Trinajstić information content (AvgIpc) is 2.51. The molecule has 0 aliphatic rings. The van der Waals surface area contributed by atoms with Gasteiger partial charge in [-0.1, -0.05) is 13.8 Å². The summed E-state index contributed by atoms with van der Waals surface area (Å²) in [5, 5.41) is 0. The number of hydrogen-bond acceptors (Lipinski definition) is 5. The summed E-state index contributed by atoms with van der Waals surface area (Å²) >= 11 is 0. The number of rotatable bonds is 7. The second-order valence-electron chi connectivity index (χ2n) is 4.97. The molecule has 0 heterocycles. The Morgan fingerprint density at radius 3 is 2.04 bits per heavy atom. The molecule has 1 rings (SSSR count). The SMILES string of the molecule is CCCN(CCC)C(=O)c1cc(C(=O)OC)cc(S(=O)(=O)Cl)c1. The molecule has 0 N–H and O–H groups in total. The highest BCUT2D eigenvalue weighted by molar-refractivity contribution is 8.13. The second kappa shape index (κ2) is 8.31. The van der Waals surface area contributed by atoms with Crippen molar-refractivity contribution >= 4 is 31.6 Å². The van der Waals surface area contributed by atoms with Gasteiger partial charge in [0.1, 0.15) is 0 Å². The molecule has 8 heteroatoms. The molecular weight excluding hydrogens is 342 g/mol. The van der Waals surface area contributed by atoms with Gasteiger partial charge in [-0.3, -0.25) is 4.79 Å². The van der Waals surface area contributed by atoms with E-state index in [1.165, 1.54) is 19.2 Å². The molecule has 1 aromatic rings. The molecule has 0 aliphatic carbocycles. The number of benzene rings is 1. The van der Waals surface area contributed by atoms with E-state index in [0.29, 0.717) is 13.1 Å². The maximum Gasteiger partial charge on any atom is 0.337 e. The topological polar surface area (TPSA) is 80.8 Å². The van der Waals surface area contributed by atoms with Crippen LogP contribution in [-0.2, 0) is 13.8 Å². The predicted octanol–water partition coefficient (Wildman–Crippen LogP) is 2.66. The van der Waals surface area contributed by atoms with E-state index in [0.717, 1.165) is 18.9 Å². The number of hydrogen-bond donors (Lipinski definition) is 0. The van der Waals surface area contributed by atoms with Crippen LogP contribution in [0.2, 0.25) is 0 Å². The number of amides is 1. The number of nitrogens with zero attached hydrogens (tertiary/aromatic N) is 1. The molecule has 6 nitrogen and oxygen atoms in total. The monoisotopic (exact) mass is 361 g/mol. The smallest absolute Gasteiger partial charge is 0.337 e. The normalized spacial score (nSPS) is 11.1. The van der Waals surface area contributed by atoms with Crippen LogP contribution in [-0.4, -0.2) is 45.4 Å². The van der Waals surface area contributed by atoms with Crippen molar-refractivity contribution in [1.82, 2.24) is 4.90 Å². The third-order valence-corrected chi connectivity index (χ3v) is 4.46. The average molecular weight is 362 g/mol. The zero-order valence-electron chi connectivity index (χ0n) is 13.3. The van der Waals surface area contributed by atoms with Crippen molar-refractivity contribution in [2.24, 2.45) is 0 Å². The summed E-state index contributed by atoms with van der Waals surface area (Å²) in [5.74, 6) is -1.08. The zero-order valence-corrected chi connectivity index (χ0v) is 14.9. The first kappa shape index (κ1) is 19.4. The Morgan fingerprint density at radius 1 is 1.09 bits per heavy atom. The van der Waals surface area contributed by atoms with E-state index in [1.807, 2.05) is 13.8 Å². The van der Waals surface area contributed by atoms with Crippen LogP contribution in [0.15, 0.2) is 23.1 Å². The summed E-state index contributed by atoms with van der Waals surface area (Å²) < 4.78 is 27.8. The molecule has 0 aliphatic heterocycles. The summed E-state index contributed by atoms with van der Waals surface area (Å²) in [4.78, 5) is 25.6. The molecular formula is C15H20ClNO5S. The van der Waals surface area contributed by atoms with E-state index in [-0.39, 0.29) is 21.9 Å². The van der Waals surface area contributed by atoms with Gasteiger partial charge in [-0.15, -0.1) is 0 Å². The minimum absolute atomic E-state index is 0.0366. The number of carbonyl (C=O) groups excluding carboxylic acids is 2. The van der Waals surface area contributed by atoms with Crippen LogP contribution in [0.3, 0.4) is 0 Å². The minimum atomic E-state index is -4.08. The van der Waals surface area contributed by atoms with Gasteiger partial charge >= 0.3 is 5.97 Å². The van der Waals surface area contributed by atoms with Crippen LogP contribution >= 0.6 is 10.7 Å². The second-order valence-corrected chi connectivity index (χ2v) is 7.53. The molecule has 0 atom stereocenters. The molecule has 1 aromatic carbocycles. The summed E-state index contributed by atoms with van der Waals surface area (Å²) in [6.07, 6.45) is 1.53. The van der Waals surface area contributed by atoms with Gasteiger partial charge in [0.2, 0.25) is 0 Å². The molecule has 0 saturated carbocycles. The fourth-order valence-corrected chi connectivity index (χ4v) is 2.94. The third-order valence-electron chi connectivity index (χ3n) is 3.13. The van der Waals surface area contributed by atoms with Gasteiger partial charge in [-0.05, 0) is 31.0 Å². The Balaban J connectivity index is 3.38. The maximum absolute atomic E-state index is 12.6. The fraction of sp³-hybridized carbons (Fsp3) is 0.467. The summed E-state index contributed by atoms with van der Waals surface area (Å²) in [6, 6.07) is 3.59. The molecule has 0 fully saturated rings. The number of halogens is 1. The van der Waals surface area contributed by atoms with Crippen LogP contribution < -0.4 is 0 Å². The zero-order chi connectivity index (χ0) is 17.6. The first-order valence-corrected chi connectivity index (χ1v) is 9.52. The fourth-order valence-electron chi connectivity index (χ4n) is 2.14. The Morgan fingerprint density at radius 2 is 1.61 bits per heavy atom. The predicted molar refractivity (Wildman–Crippen MR) is 87.3 cm³/mol. The van der Waals surface area contributed by atoms with E-state index >= 15 is 0 Å². The molecule has 0 unspecified atom stereocenters. The molecule has 0 spiro atoms. The Bertz CT molecular complexity index is 681. The maximum atomic E-state index is 12.6. The van der Waals surface area contributed by atoms with Gasteiger partial charge in [0.05, 0.1) is 17.6 Å². The summed E-state index contributed by atoms with van der Waals surface area (Å²) in [6.45, 7) is 4.96. The minimum Gasteiger partial charge on any atom is -0.465 e. The van der Waals surface area contributed by atoms with Crippen LogP contribution in [0.5, 0.6) is 0 Å². The lowest BCUT2D eigenvalue weighted by atomic mass is 10.1. The van der Waals surface area contributed by atoms with Crippen molar-refractivity contribution in [3.63, 3.8) is 0 Å². The Hall–Kier alpha value is -1.60. The van der Waals surface area contributed by atoms with E-state index < -0.39 is 15.0 Å². The van der Waals surface area contributed by atoms with E-state index in [9.17, 15) is 18.0 Å². The number of esters is 1. The van der Waals surface area contributed by atoms with Crippen LogP contribution in [0.25, 0.3) is 0 Å². The lowest BCUT2D eigenvalue weighted by Gasteiger charge is -2.22. The first-order chi connectivity index (χ1) is 10.7. The van der Waals surface area contributed by atoms with Gasteiger partial charge in [-0.25, -0.2) is 13.2 Å². The molecule has 0 bridgehead atoms. The Labute approximate surface area is 140 Å². The quantitative estimate of drug-likeness (QED) is 0.551. The lowest BCUT2D eigenvalue weighted by molar-refractivity contribution is 0.0600. The van der Waals surface area contributed by atoms with Crippen molar-refractivity contribution < 1.29 is 22.7 Å². The van der Waals surface area contributed by atoms with E-state index in [1.54, 1.807) is 4.90 Å². The molecule has 1 amide bonds. The van der Waals surface area contributed by atoms with Crippen molar-refractivity contribution in [3.8, 4) is 0 Å². The van der Waals surface area contributed by atoms with Gasteiger partial charge in [0, 0.05) is 29.3 Å². The van der Waals surface area contributed by atoms with Crippen LogP contribution in [0, 0.1) is 0 Å². The first-order valence-electron chi connectivity index (χ1n) is 7.21. The van der Waals surface area contributed by atoms with Gasteiger partial charge < -0.3 is 9.64 Å². The summed E-state index contributed by atoms with van der Waals surface area (Å²) in [5.41, 5.74) is 0.0551. The number of ether oxygens (including phenoxy) is 1. The number of methoxy groups -OCH3 is 1. The lowest BCUT2D eigenvalue weighted by Crippen LogP contribution is -2.32. The largest absolute Gasteiger partial charge is 0.465 e. The highest BCUT2D eigenvalue weighted by Crippen LogP contribution is 2.21. The van der Waals surface area contributed by atoms with Gasteiger partial charge in [-0.2, -0.15) is 0 Å². The third kappa shape index (κ3) is 5.21. The standard InChI is InChI=1S/C15H20ClNO5S/c1-4-6-17(7-5-2)14(18)11-8-12(15(19)22-3)10-13(9-11)23(16,20)21/h8-10H,4-7H2,1-3H3. The highest BCUT2D eigenvalue weighted by atomic mass is 35.7. The molecule has 0 aromatic heterocycles.